The summed E-state index contributed by atoms with van der Waals surface area (Å²) in [5.41, 5.74) is 2.34. The van der Waals surface area contributed by atoms with Crippen molar-refractivity contribution in [2.24, 2.45) is 0 Å². The summed E-state index contributed by atoms with van der Waals surface area (Å²) in [4.78, 5) is 27.3. The molecule has 0 saturated carbocycles. The molecule has 36 heavy (non-hydrogen) atoms. The summed E-state index contributed by atoms with van der Waals surface area (Å²) in [6, 6.07) is 16.8. The van der Waals surface area contributed by atoms with E-state index >= 15 is 0 Å². The molecule has 0 fully saturated rings. The fourth-order valence-corrected chi connectivity index (χ4v) is 4.81. The summed E-state index contributed by atoms with van der Waals surface area (Å²) in [5, 5.41) is 10.6. The number of benzene rings is 3. The van der Waals surface area contributed by atoms with Gasteiger partial charge in [0.1, 0.15) is 0 Å². The molecule has 6 nitrogen and oxygen atoms in total. The van der Waals surface area contributed by atoms with Gasteiger partial charge in [-0.05, 0) is 61.0 Å². The van der Waals surface area contributed by atoms with Crippen LogP contribution in [0, 0.1) is 5.41 Å². The van der Waals surface area contributed by atoms with E-state index in [-0.39, 0.29) is 23.9 Å². The molecule has 0 aliphatic carbocycles. The second-order valence-electron chi connectivity index (χ2n) is 8.30. The Kier molecular flexibility index (Phi) is 8.10. The van der Waals surface area contributed by atoms with E-state index in [0.717, 1.165) is 0 Å². The molecule has 0 aliphatic rings. The molecular formula is C26H22Cl4N4O2. The molecule has 1 heterocycles. The van der Waals surface area contributed by atoms with E-state index in [4.69, 9.17) is 51.8 Å². The van der Waals surface area contributed by atoms with Crippen LogP contribution in [0.4, 0.5) is 0 Å². The Hall–Kier alpha value is -2.77. The standard InChI is InChI=1S/C26H22Cl4N4O2/c1-32(25(36)19-14-18(28)10-11-20(19)29)12-3-13-33-24-21(30)4-2-5-22(24)34(26(33)31)15-23(35)16-6-8-17(27)9-7-16/h2,4-11,14,31H,3,12-13,15H2,1H3. The minimum absolute atomic E-state index is 0.0179. The van der Waals surface area contributed by atoms with Crippen LogP contribution in [0.5, 0.6) is 0 Å². The number of ketones is 1. The van der Waals surface area contributed by atoms with Crippen molar-refractivity contribution in [3.05, 3.63) is 97.5 Å². The van der Waals surface area contributed by atoms with Crippen molar-refractivity contribution in [2.45, 2.75) is 19.5 Å². The lowest BCUT2D eigenvalue weighted by atomic mass is 10.1. The largest absolute Gasteiger partial charge is 0.342 e. The summed E-state index contributed by atoms with van der Waals surface area (Å²) >= 11 is 24.7. The van der Waals surface area contributed by atoms with E-state index in [0.29, 0.717) is 61.8 Å². The summed E-state index contributed by atoms with van der Waals surface area (Å²) in [5.74, 6) is -0.388. The Balaban J connectivity index is 1.55. The number of carbonyl (C=O) groups excluding carboxylic acids is 2. The van der Waals surface area contributed by atoms with E-state index in [2.05, 4.69) is 0 Å². The quantitative estimate of drug-likeness (QED) is 0.246. The average molecular weight is 564 g/mol. The fraction of sp³-hybridized carbons (Fsp3) is 0.192. The Morgan fingerprint density at radius 2 is 1.58 bits per heavy atom. The Labute approximate surface area is 228 Å². The molecule has 0 spiro atoms. The van der Waals surface area contributed by atoms with E-state index in [1.807, 2.05) is 6.07 Å². The number of Topliss-reactive ketones (excluding diaryl/α,β-unsaturated/α-hetero) is 1. The van der Waals surface area contributed by atoms with Crippen LogP contribution in [-0.2, 0) is 13.1 Å². The van der Waals surface area contributed by atoms with Gasteiger partial charge in [0, 0.05) is 35.7 Å². The molecule has 1 aromatic heterocycles. The van der Waals surface area contributed by atoms with Gasteiger partial charge in [0.05, 0.1) is 33.2 Å². The topological polar surface area (TPSA) is 71.1 Å². The summed E-state index contributed by atoms with van der Waals surface area (Å²) in [6.45, 7) is 0.813. The van der Waals surface area contributed by atoms with Crippen molar-refractivity contribution < 1.29 is 9.59 Å². The Morgan fingerprint density at radius 1 is 0.889 bits per heavy atom. The van der Waals surface area contributed by atoms with E-state index in [1.54, 1.807) is 75.7 Å². The maximum Gasteiger partial charge on any atom is 0.255 e. The zero-order chi connectivity index (χ0) is 26.0. The number of hydrogen-bond donors (Lipinski definition) is 1. The van der Waals surface area contributed by atoms with Gasteiger partial charge in [-0.15, -0.1) is 0 Å². The third-order valence-corrected chi connectivity index (χ3v) is 7.01. The molecule has 0 atom stereocenters. The van der Waals surface area contributed by atoms with Gasteiger partial charge in [0.25, 0.3) is 5.91 Å². The van der Waals surface area contributed by atoms with Crippen LogP contribution >= 0.6 is 46.4 Å². The number of nitrogens with one attached hydrogen (secondary N) is 1. The molecule has 1 amide bonds. The first-order valence-electron chi connectivity index (χ1n) is 11.1. The van der Waals surface area contributed by atoms with Crippen molar-refractivity contribution in [2.75, 3.05) is 13.6 Å². The number of halogens is 4. The first-order chi connectivity index (χ1) is 17.2. The van der Waals surface area contributed by atoms with Gasteiger partial charge in [-0.1, -0.05) is 52.5 Å². The Bertz CT molecular complexity index is 1510. The van der Waals surface area contributed by atoms with Gasteiger partial charge in [-0.25, -0.2) is 0 Å². The third-order valence-electron chi connectivity index (χ3n) is 5.89. The molecule has 186 valence electrons. The fourth-order valence-electron chi connectivity index (χ4n) is 4.04. The van der Waals surface area contributed by atoms with Gasteiger partial charge in [-0.3, -0.25) is 15.0 Å². The van der Waals surface area contributed by atoms with Gasteiger partial charge in [0.15, 0.2) is 5.78 Å². The molecule has 0 bridgehead atoms. The predicted octanol–water partition coefficient (Wildman–Crippen LogP) is 6.58. The van der Waals surface area contributed by atoms with Crippen molar-refractivity contribution in [3.63, 3.8) is 0 Å². The van der Waals surface area contributed by atoms with Crippen LogP contribution in [-0.4, -0.2) is 39.3 Å². The second kappa shape index (κ2) is 11.1. The highest BCUT2D eigenvalue weighted by molar-refractivity contribution is 6.36. The van der Waals surface area contributed by atoms with Crippen molar-refractivity contribution >= 4 is 69.1 Å². The van der Waals surface area contributed by atoms with Crippen LogP contribution in [0.3, 0.4) is 0 Å². The lowest BCUT2D eigenvalue weighted by Crippen LogP contribution is -2.31. The maximum absolute atomic E-state index is 12.9. The monoisotopic (exact) mass is 562 g/mol. The summed E-state index contributed by atoms with van der Waals surface area (Å²) < 4.78 is 3.40. The number of hydrogen-bond acceptors (Lipinski definition) is 3. The molecule has 4 rings (SSSR count). The number of aryl methyl sites for hydroxylation is 1. The number of rotatable bonds is 8. The van der Waals surface area contributed by atoms with E-state index in [1.165, 1.54) is 0 Å². The first kappa shape index (κ1) is 26.3. The number of imidazole rings is 1. The maximum atomic E-state index is 12.9. The van der Waals surface area contributed by atoms with Crippen molar-refractivity contribution in [1.29, 1.82) is 5.41 Å². The number of aromatic nitrogens is 2. The smallest absolute Gasteiger partial charge is 0.255 e. The predicted molar refractivity (Wildman–Crippen MR) is 145 cm³/mol. The highest BCUT2D eigenvalue weighted by Gasteiger charge is 2.18. The average Bonchev–Trinajstić information content (AvgIpc) is 3.12. The Morgan fingerprint density at radius 3 is 2.31 bits per heavy atom. The van der Waals surface area contributed by atoms with E-state index in [9.17, 15) is 9.59 Å². The van der Waals surface area contributed by atoms with Gasteiger partial charge in [-0.2, -0.15) is 0 Å². The number of amides is 1. The lowest BCUT2D eigenvalue weighted by molar-refractivity contribution is 0.0791. The van der Waals surface area contributed by atoms with E-state index < -0.39 is 0 Å². The highest BCUT2D eigenvalue weighted by atomic mass is 35.5. The summed E-state index contributed by atoms with van der Waals surface area (Å²) in [6.07, 6.45) is 0.548. The SMILES string of the molecule is CN(CCCn1c(=N)n(CC(=O)c2ccc(Cl)cc2)c2cccc(Cl)c21)C(=O)c1cc(Cl)ccc1Cl. The van der Waals surface area contributed by atoms with Gasteiger partial charge < -0.3 is 14.0 Å². The lowest BCUT2D eigenvalue weighted by Gasteiger charge is -2.18. The van der Waals surface area contributed by atoms with Crippen LogP contribution < -0.4 is 5.62 Å². The molecule has 4 aromatic rings. The van der Waals surface area contributed by atoms with Crippen molar-refractivity contribution in [1.82, 2.24) is 14.0 Å². The minimum atomic E-state index is -0.243. The number of fused-ring (bicyclic) bond motifs is 1. The molecular weight excluding hydrogens is 542 g/mol. The molecule has 0 saturated heterocycles. The van der Waals surface area contributed by atoms with Crippen LogP contribution in [0.15, 0.2) is 60.7 Å². The van der Waals surface area contributed by atoms with Crippen LogP contribution in [0.25, 0.3) is 11.0 Å². The minimum Gasteiger partial charge on any atom is -0.342 e. The molecule has 0 aliphatic heterocycles. The van der Waals surface area contributed by atoms with Crippen LogP contribution in [0.1, 0.15) is 27.1 Å². The second-order valence-corrected chi connectivity index (χ2v) is 9.99. The zero-order valence-corrected chi connectivity index (χ0v) is 22.3. The molecule has 10 heteroatoms. The molecule has 0 unspecified atom stereocenters. The number of para-hydroxylation sites is 1. The molecule has 1 N–H and O–H groups in total. The molecule has 3 aromatic carbocycles. The number of carbonyl (C=O) groups is 2. The highest BCUT2D eigenvalue weighted by Crippen LogP contribution is 2.24. The first-order valence-corrected chi connectivity index (χ1v) is 12.6. The van der Waals surface area contributed by atoms with Crippen LogP contribution in [0.2, 0.25) is 20.1 Å². The number of nitrogens with zero attached hydrogens (tertiary/aromatic N) is 3. The summed E-state index contributed by atoms with van der Waals surface area (Å²) in [7, 11) is 1.69. The van der Waals surface area contributed by atoms with Crippen molar-refractivity contribution in [3.8, 4) is 0 Å². The zero-order valence-electron chi connectivity index (χ0n) is 19.3. The normalized spacial score (nSPS) is 11.1. The van der Waals surface area contributed by atoms with Gasteiger partial charge >= 0.3 is 0 Å². The molecule has 0 radical (unpaired) electrons. The van der Waals surface area contributed by atoms with Gasteiger partial charge in [0.2, 0.25) is 5.62 Å². The third kappa shape index (κ3) is 5.47.